The Morgan fingerprint density at radius 1 is 0.914 bits per heavy atom. The number of carbonyl (C=O) groups is 3. The second-order valence-electron chi connectivity index (χ2n) is 7.81. The molecule has 0 aliphatic carbocycles. The Bertz CT molecular complexity index is 1290. The van der Waals surface area contributed by atoms with Crippen LogP contribution in [0.25, 0.3) is 0 Å². The third-order valence-corrected chi connectivity index (χ3v) is 5.35. The number of aryl methyl sites for hydroxylation is 3. The lowest BCUT2D eigenvalue weighted by atomic mass is 10.1. The first-order chi connectivity index (χ1) is 16.7. The Labute approximate surface area is 208 Å². The first kappa shape index (κ1) is 25.5. The van der Waals surface area contributed by atoms with E-state index in [2.05, 4.69) is 21.2 Å². The molecule has 0 unspecified atom stereocenters. The Balaban J connectivity index is 1.54. The molecule has 3 amide bonds. The van der Waals surface area contributed by atoms with E-state index in [0.29, 0.717) is 27.7 Å². The minimum atomic E-state index is -0.954. The van der Waals surface area contributed by atoms with Crippen molar-refractivity contribution >= 4 is 46.9 Å². The predicted octanol–water partition coefficient (Wildman–Crippen LogP) is 4.37. The zero-order valence-electron chi connectivity index (χ0n) is 19.5. The van der Waals surface area contributed by atoms with Gasteiger partial charge >= 0.3 is 11.8 Å². The highest BCUT2D eigenvalue weighted by molar-refractivity contribution is 6.39. The van der Waals surface area contributed by atoms with Crippen molar-refractivity contribution in [1.29, 1.82) is 0 Å². The molecule has 8 nitrogen and oxygen atoms in total. The highest BCUT2D eigenvalue weighted by atomic mass is 35.5. The SMILES string of the molecule is Cc1ccc(NC(=O)COc2ccccc2/C=N\NC(=O)C(=O)Nc2ccc(C)c(Cl)c2)c(C)c1. The molecule has 0 spiro atoms. The van der Waals surface area contributed by atoms with E-state index < -0.39 is 11.8 Å². The van der Waals surface area contributed by atoms with Gasteiger partial charge in [0.1, 0.15) is 5.75 Å². The van der Waals surface area contributed by atoms with E-state index in [0.717, 1.165) is 16.7 Å². The number of nitrogens with zero attached hydrogens (tertiary/aromatic N) is 1. The van der Waals surface area contributed by atoms with Crippen molar-refractivity contribution in [3.63, 3.8) is 0 Å². The molecular formula is C26H25ClN4O4. The first-order valence-electron chi connectivity index (χ1n) is 10.7. The van der Waals surface area contributed by atoms with Gasteiger partial charge in [0.05, 0.1) is 6.21 Å². The molecule has 3 aromatic rings. The summed E-state index contributed by atoms with van der Waals surface area (Å²) in [6.45, 7) is 5.51. The van der Waals surface area contributed by atoms with Gasteiger partial charge in [0.2, 0.25) is 0 Å². The molecule has 3 N–H and O–H groups in total. The normalized spacial score (nSPS) is 10.6. The summed E-state index contributed by atoms with van der Waals surface area (Å²) >= 11 is 6.03. The molecule has 0 atom stereocenters. The number of benzene rings is 3. The van der Waals surface area contributed by atoms with Gasteiger partial charge in [0.25, 0.3) is 5.91 Å². The summed E-state index contributed by atoms with van der Waals surface area (Å²) in [5, 5.41) is 9.56. The number of hydrazone groups is 1. The van der Waals surface area contributed by atoms with Crippen LogP contribution in [0.1, 0.15) is 22.3 Å². The fourth-order valence-electron chi connectivity index (χ4n) is 3.07. The summed E-state index contributed by atoms with van der Waals surface area (Å²) < 4.78 is 5.63. The Kier molecular flexibility index (Phi) is 8.58. The van der Waals surface area contributed by atoms with Crippen LogP contribution in [0.5, 0.6) is 5.75 Å². The molecule has 0 aliphatic rings. The third kappa shape index (κ3) is 7.41. The fourth-order valence-corrected chi connectivity index (χ4v) is 3.25. The molecule has 0 fully saturated rings. The van der Waals surface area contributed by atoms with Gasteiger partial charge in [-0.1, -0.05) is 47.5 Å². The average molecular weight is 493 g/mol. The molecule has 35 heavy (non-hydrogen) atoms. The number of nitrogens with one attached hydrogen (secondary N) is 3. The smallest absolute Gasteiger partial charge is 0.329 e. The van der Waals surface area contributed by atoms with E-state index in [4.69, 9.17) is 16.3 Å². The number of amides is 3. The Morgan fingerprint density at radius 3 is 2.43 bits per heavy atom. The van der Waals surface area contributed by atoms with Crippen LogP contribution in [0.2, 0.25) is 5.02 Å². The molecular weight excluding hydrogens is 468 g/mol. The maximum Gasteiger partial charge on any atom is 0.329 e. The molecule has 3 aromatic carbocycles. The zero-order chi connectivity index (χ0) is 25.4. The summed E-state index contributed by atoms with van der Waals surface area (Å²) in [5.41, 5.74) is 6.69. The highest BCUT2D eigenvalue weighted by Crippen LogP contribution is 2.20. The number of hydrogen-bond donors (Lipinski definition) is 3. The van der Waals surface area contributed by atoms with Gasteiger partial charge < -0.3 is 15.4 Å². The van der Waals surface area contributed by atoms with E-state index in [-0.39, 0.29) is 12.5 Å². The molecule has 9 heteroatoms. The van der Waals surface area contributed by atoms with E-state index in [9.17, 15) is 14.4 Å². The van der Waals surface area contributed by atoms with Crippen molar-refractivity contribution in [3.05, 3.63) is 87.9 Å². The minimum absolute atomic E-state index is 0.216. The maximum atomic E-state index is 12.3. The number of anilines is 2. The van der Waals surface area contributed by atoms with Gasteiger partial charge in [-0.05, 0) is 62.2 Å². The van der Waals surface area contributed by atoms with Crippen molar-refractivity contribution in [2.45, 2.75) is 20.8 Å². The van der Waals surface area contributed by atoms with Gasteiger partial charge in [0.15, 0.2) is 6.61 Å². The number of carbonyl (C=O) groups excluding carboxylic acids is 3. The number of hydrogen-bond acceptors (Lipinski definition) is 5. The largest absolute Gasteiger partial charge is 0.483 e. The van der Waals surface area contributed by atoms with Crippen LogP contribution in [-0.2, 0) is 14.4 Å². The number of para-hydroxylation sites is 1. The second-order valence-corrected chi connectivity index (χ2v) is 8.22. The van der Waals surface area contributed by atoms with Crippen molar-refractivity contribution < 1.29 is 19.1 Å². The number of halogens is 1. The number of rotatable bonds is 7. The lowest BCUT2D eigenvalue weighted by molar-refractivity contribution is -0.136. The molecule has 0 saturated heterocycles. The molecule has 0 radical (unpaired) electrons. The van der Waals surface area contributed by atoms with Gasteiger partial charge in [-0.3, -0.25) is 14.4 Å². The predicted molar refractivity (Wildman–Crippen MR) is 137 cm³/mol. The number of ether oxygens (including phenoxy) is 1. The molecule has 180 valence electrons. The van der Waals surface area contributed by atoms with E-state index >= 15 is 0 Å². The van der Waals surface area contributed by atoms with Gasteiger partial charge in [-0.2, -0.15) is 5.10 Å². The molecule has 0 saturated carbocycles. The molecule has 0 aromatic heterocycles. The van der Waals surface area contributed by atoms with E-state index in [1.807, 2.05) is 39.0 Å². The summed E-state index contributed by atoms with van der Waals surface area (Å²) in [6.07, 6.45) is 1.32. The quantitative estimate of drug-likeness (QED) is 0.258. The van der Waals surface area contributed by atoms with Gasteiger partial charge in [0, 0.05) is 22.0 Å². The van der Waals surface area contributed by atoms with Crippen molar-refractivity contribution in [3.8, 4) is 5.75 Å². The van der Waals surface area contributed by atoms with Crippen LogP contribution in [0, 0.1) is 20.8 Å². The van der Waals surface area contributed by atoms with Crippen LogP contribution >= 0.6 is 11.6 Å². The van der Waals surface area contributed by atoms with Crippen LogP contribution in [0.4, 0.5) is 11.4 Å². The summed E-state index contributed by atoms with van der Waals surface area (Å²) in [7, 11) is 0. The fraction of sp³-hybridized carbons (Fsp3) is 0.154. The van der Waals surface area contributed by atoms with Crippen LogP contribution in [-0.4, -0.2) is 30.5 Å². The van der Waals surface area contributed by atoms with Crippen molar-refractivity contribution in [2.24, 2.45) is 5.10 Å². The average Bonchev–Trinajstić information content (AvgIpc) is 2.82. The Morgan fingerprint density at radius 2 is 1.69 bits per heavy atom. The molecule has 0 heterocycles. The first-order valence-corrected chi connectivity index (χ1v) is 11.1. The molecule has 0 bridgehead atoms. The van der Waals surface area contributed by atoms with E-state index in [1.165, 1.54) is 6.21 Å². The monoisotopic (exact) mass is 492 g/mol. The minimum Gasteiger partial charge on any atom is -0.483 e. The van der Waals surface area contributed by atoms with Gasteiger partial charge in [-0.15, -0.1) is 0 Å². The van der Waals surface area contributed by atoms with Crippen molar-refractivity contribution in [1.82, 2.24) is 5.43 Å². The third-order valence-electron chi connectivity index (χ3n) is 4.94. The Hall–Kier alpha value is -4.17. The second kappa shape index (κ2) is 11.8. The lowest BCUT2D eigenvalue weighted by Crippen LogP contribution is -2.32. The van der Waals surface area contributed by atoms with Crippen LogP contribution < -0.4 is 20.8 Å². The van der Waals surface area contributed by atoms with Crippen LogP contribution in [0.3, 0.4) is 0 Å². The topological polar surface area (TPSA) is 109 Å². The standard InChI is InChI=1S/C26H25ClN4O4/c1-16-8-11-22(18(3)12-16)30-24(32)15-35-23-7-5-4-6-19(23)14-28-31-26(34)25(33)29-20-10-9-17(2)21(27)13-20/h4-14H,15H2,1-3H3,(H,29,33)(H,30,32)(H,31,34)/b28-14-. The molecule has 3 rings (SSSR count). The summed E-state index contributed by atoms with van der Waals surface area (Å²) in [6, 6.07) is 17.5. The van der Waals surface area contributed by atoms with Gasteiger partial charge in [-0.25, -0.2) is 5.43 Å². The summed E-state index contributed by atoms with van der Waals surface area (Å²) in [4.78, 5) is 36.5. The van der Waals surface area contributed by atoms with Crippen LogP contribution in [0.15, 0.2) is 65.8 Å². The maximum absolute atomic E-state index is 12.3. The lowest BCUT2D eigenvalue weighted by Gasteiger charge is -2.11. The molecule has 0 aliphatic heterocycles. The van der Waals surface area contributed by atoms with Crippen molar-refractivity contribution in [2.75, 3.05) is 17.2 Å². The summed E-state index contributed by atoms with van der Waals surface area (Å²) in [5.74, 6) is -1.77. The van der Waals surface area contributed by atoms with E-state index in [1.54, 1.807) is 42.5 Å². The highest BCUT2D eigenvalue weighted by Gasteiger charge is 2.14. The zero-order valence-corrected chi connectivity index (χ0v) is 20.3.